The van der Waals surface area contributed by atoms with E-state index in [0.29, 0.717) is 6.04 Å². The molecule has 0 spiro atoms. The van der Waals surface area contributed by atoms with Crippen molar-refractivity contribution in [3.8, 4) is 0 Å². The van der Waals surface area contributed by atoms with Gasteiger partial charge in [-0.15, -0.1) is 0 Å². The highest BCUT2D eigenvalue weighted by Crippen LogP contribution is 2.14. The molecule has 0 aliphatic heterocycles. The molecule has 1 N–H and O–H groups in total. The Morgan fingerprint density at radius 2 is 1.82 bits per heavy atom. The van der Waals surface area contributed by atoms with Crippen LogP contribution >= 0.6 is 0 Å². The van der Waals surface area contributed by atoms with E-state index < -0.39 is 0 Å². The van der Waals surface area contributed by atoms with Gasteiger partial charge in [-0.05, 0) is 45.9 Å². The van der Waals surface area contributed by atoms with Crippen LogP contribution in [-0.4, -0.2) is 26.7 Å². The first kappa shape index (κ1) is 14.0. The smallest absolute Gasteiger partial charge is 0.0363 e. The molecular weight excluding hydrogens is 208 g/mol. The lowest BCUT2D eigenvalue weighted by Crippen LogP contribution is -2.22. The predicted molar refractivity (Wildman–Crippen MR) is 76.8 cm³/mol. The summed E-state index contributed by atoms with van der Waals surface area (Å²) in [6, 6.07) is 9.39. The number of nitrogens with zero attached hydrogens (tertiary/aromatic N) is 1. The van der Waals surface area contributed by atoms with E-state index in [9.17, 15) is 0 Å². The van der Waals surface area contributed by atoms with Crippen molar-refractivity contribution in [3.05, 3.63) is 29.8 Å². The molecule has 0 aliphatic carbocycles. The van der Waals surface area contributed by atoms with Gasteiger partial charge in [0.05, 0.1) is 0 Å². The molecule has 1 unspecified atom stereocenters. The highest BCUT2D eigenvalue weighted by atomic mass is 15.1. The molecule has 0 saturated heterocycles. The summed E-state index contributed by atoms with van der Waals surface area (Å²) in [4.78, 5) is 2.34. The van der Waals surface area contributed by atoms with E-state index in [1.165, 1.54) is 30.5 Å². The fourth-order valence-corrected chi connectivity index (χ4v) is 1.87. The first-order valence-corrected chi connectivity index (χ1v) is 6.58. The third-order valence-electron chi connectivity index (χ3n) is 3.35. The molecular formula is C15H26N2. The lowest BCUT2D eigenvalue weighted by atomic mass is 10.1. The van der Waals surface area contributed by atoms with Gasteiger partial charge in [0.15, 0.2) is 0 Å². The van der Waals surface area contributed by atoms with Crippen LogP contribution in [0.25, 0.3) is 0 Å². The fraction of sp³-hybridized carbons (Fsp3) is 0.600. The largest absolute Gasteiger partial charge is 0.375 e. The Hall–Kier alpha value is -1.02. The monoisotopic (exact) mass is 234 g/mol. The van der Waals surface area contributed by atoms with Crippen LogP contribution in [0.2, 0.25) is 0 Å². The Labute approximate surface area is 106 Å². The second kappa shape index (κ2) is 7.33. The number of benzene rings is 1. The first-order valence-electron chi connectivity index (χ1n) is 6.58. The van der Waals surface area contributed by atoms with Crippen LogP contribution in [0.5, 0.6) is 0 Å². The zero-order valence-corrected chi connectivity index (χ0v) is 11.7. The van der Waals surface area contributed by atoms with E-state index in [4.69, 9.17) is 0 Å². The van der Waals surface area contributed by atoms with Crippen molar-refractivity contribution >= 4 is 5.69 Å². The Kier molecular flexibility index (Phi) is 6.06. The second-order valence-electron chi connectivity index (χ2n) is 4.94. The van der Waals surface area contributed by atoms with Crippen LogP contribution in [0, 0.1) is 6.92 Å². The summed E-state index contributed by atoms with van der Waals surface area (Å²) in [5, 5.41) is 3.28. The van der Waals surface area contributed by atoms with E-state index in [-0.39, 0.29) is 0 Å². The maximum absolute atomic E-state index is 3.28. The molecule has 1 rings (SSSR count). The van der Waals surface area contributed by atoms with Gasteiger partial charge in [-0.3, -0.25) is 0 Å². The van der Waals surface area contributed by atoms with E-state index in [2.05, 4.69) is 55.4 Å². The maximum atomic E-state index is 3.28. The molecule has 1 atom stereocenters. The molecule has 0 radical (unpaired) electrons. The third kappa shape index (κ3) is 5.22. The van der Waals surface area contributed by atoms with Gasteiger partial charge in [0, 0.05) is 25.3 Å². The average molecular weight is 234 g/mol. The van der Waals surface area contributed by atoms with Crippen LogP contribution in [0.3, 0.4) is 0 Å². The van der Waals surface area contributed by atoms with Gasteiger partial charge < -0.3 is 10.2 Å². The van der Waals surface area contributed by atoms with E-state index in [1.54, 1.807) is 0 Å². The van der Waals surface area contributed by atoms with Gasteiger partial charge in [-0.2, -0.15) is 0 Å². The Bertz CT molecular complexity index is 305. The minimum absolute atomic E-state index is 0.639. The van der Waals surface area contributed by atoms with Gasteiger partial charge in [0.1, 0.15) is 0 Å². The highest BCUT2D eigenvalue weighted by Gasteiger charge is 2.01. The molecule has 17 heavy (non-hydrogen) atoms. The summed E-state index contributed by atoms with van der Waals surface area (Å²) >= 11 is 0. The minimum atomic E-state index is 0.639. The summed E-state index contributed by atoms with van der Waals surface area (Å²) in [6.07, 6.45) is 3.81. The van der Waals surface area contributed by atoms with Crippen LogP contribution in [-0.2, 0) is 0 Å². The second-order valence-corrected chi connectivity index (χ2v) is 4.94. The Balaban J connectivity index is 2.25. The van der Waals surface area contributed by atoms with Crippen molar-refractivity contribution in [1.29, 1.82) is 0 Å². The predicted octanol–water partition coefficient (Wildman–Crippen LogP) is 3.21. The number of anilines is 1. The molecule has 2 nitrogen and oxygen atoms in total. The number of unbranched alkanes of at least 4 members (excludes halogenated alkanes) is 1. The van der Waals surface area contributed by atoms with Crippen LogP contribution in [0.15, 0.2) is 24.3 Å². The maximum Gasteiger partial charge on any atom is 0.0363 e. The van der Waals surface area contributed by atoms with Crippen molar-refractivity contribution in [2.24, 2.45) is 0 Å². The number of rotatable bonds is 7. The summed E-state index contributed by atoms with van der Waals surface area (Å²) in [5.74, 6) is 0. The molecule has 0 saturated carbocycles. The lowest BCUT2D eigenvalue weighted by Gasteiger charge is -2.20. The van der Waals surface area contributed by atoms with E-state index >= 15 is 0 Å². The molecule has 1 aromatic rings. The highest BCUT2D eigenvalue weighted by molar-refractivity contribution is 5.46. The lowest BCUT2D eigenvalue weighted by molar-refractivity contribution is 0.528. The molecule has 1 aromatic carbocycles. The molecule has 0 amide bonds. The van der Waals surface area contributed by atoms with Gasteiger partial charge >= 0.3 is 0 Å². The number of aryl methyl sites for hydroxylation is 1. The average Bonchev–Trinajstić information content (AvgIpc) is 2.34. The summed E-state index contributed by atoms with van der Waals surface area (Å²) in [6.45, 7) is 5.51. The molecule has 0 bridgehead atoms. The molecule has 96 valence electrons. The third-order valence-corrected chi connectivity index (χ3v) is 3.35. The number of hydrogen-bond acceptors (Lipinski definition) is 2. The van der Waals surface area contributed by atoms with Crippen molar-refractivity contribution < 1.29 is 0 Å². The molecule has 2 heteroatoms. The van der Waals surface area contributed by atoms with Crippen molar-refractivity contribution in [3.63, 3.8) is 0 Å². The van der Waals surface area contributed by atoms with Crippen molar-refractivity contribution in [2.45, 2.75) is 39.2 Å². The Morgan fingerprint density at radius 1 is 1.18 bits per heavy atom. The van der Waals surface area contributed by atoms with Crippen LogP contribution < -0.4 is 10.2 Å². The quantitative estimate of drug-likeness (QED) is 0.729. The van der Waals surface area contributed by atoms with Gasteiger partial charge in [-0.25, -0.2) is 0 Å². The van der Waals surface area contributed by atoms with Crippen LogP contribution in [0.1, 0.15) is 31.7 Å². The number of hydrogen-bond donors (Lipinski definition) is 1. The molecule has 0 aromatic heterocycles. The minimum Gasteiger partial charge on any atom is -0.375 e. The summed E-state index contributed by atoms with van der Waals surface area (Å²) in [7, 11) is 4.20. The first-order chi connectivity index (χ1) is 8.13. The zero-order chi connectivity index (χ0) is 12.7. The van der Waals surface area contributed by atoms with Gasteiger partial charge in [0.2, 0.25) is 0 Å². The van der Waals surface area contributed by atoms with Crippen molar-refractivity contribution in [1.82, 2.24) is 5.32 Å². The number of nitrogens with one attached hydrogen (secondary N) is 1. The molecule has 0 fully saturated rings. The SMILES string of the molecule is CNC(C)CCCCN(C)c1ccc(C)cc1. The molecule has 0 heterocycles. The molecule has 0 aliphatic rings. The van der Waals surface area contributed by atoms with E-state index in [1.807, 2.05) is 7.05 Å². The summed E-state index contributed by atoms with van der Waals surface area (Å²) < 4.78 is 0. The van der Waals surface area contributed by atoms with Crippen molar-refractivity contribution in [2.75, 3.05) is 25.5 Å². The summed E-state index contributed by atoms with van der Waals surface area (Å²) in [5.41, 5.74) is 2.64. The fourth-order valence-electron chi connectivity index (χ4n) is 1.87. The normalized spacial score (nSPS) is 12.5. The van der Waals surface area contributed by atoms with Gasteiger partial charge in [0.25, 0.3) is 0 Å². The van der Waals surface area contributed by atoms with Crippen LogP contribution in [0.4, 0.5) is 5.69 Å². The zero-order valence-electron chi connectivity index (χ0n) is 11.7. The Morgan fingerprint density at radius 3 is 2.41 bits per heavy atom. The van der Waals surface area contributed by atoms with Gasteiger partial charge in [-0.1, -0.05) is 24.1 Å². The topological polar surface area (TPSA) is 15.3 Å². The standard InChI is InChI=1S/C15H26N2/c1-13-8-10-15(11-9-13)17(4)12-6-5-7-14(2)16-3/h8-11,14,16H,5-7,12H2,1-4H3. The van der Waals surface area contributed by atoms with E-state index in [0.717, 1.165) is 6.54 Å².